The van der Waals surface area contributed by atoms with Crippen molar-refractivity contribution in [2.45, 2.75) is 43.0 Å². The first-order valence-corrected chi connectivity index (χ1v) is 8.70. The summed E-state index contributed by atoms with van der Waals surface area (Å²) in [5.74, 6) is -4.04. The number of hydrogen-bond donors (Lipinski definition) is 2. The van der Waals surface area contributed by atoms with Crippen molar-refractivity contribution in [3.8, 4) is 0 Å². The highest BCUT2D eigenvalue weighted by Gasteiger charge is 2.31. The summed E-state index contributed by atoms with van der Waals surface area (Å²) in [4.78, 5) is -1.16. The third-order valence-electron chi connectivity index (χ3n) is 4.01. The first-order chi connectivity index (χ1) is 10.3. The topological polar surface area (TPSA) is 72.2 Å². The highest BCUT2D eigenvalue weighted by atomic mass is 35.5. The van der Waals surface area contributed by atoms with Crippen LogP contribution in [0.15, 0.2) is 17.0 Å². The molecule has 1 aliphatic carbocycles. The summed E-state index contributed by atoms with van der Waals surface area (Å²) in [6.07, 6.45) is 4.67. The smallest absolute Gasteiger partial charge is 0.246 e. The van der Waals surface area contributed by atoms with Crippen LogP contribution in [-0.2, 0) is 10.0 Å². The molecule has 0 bridgehead atoms. The second-order valence-electron chi connectivity index (χ2n) is 5.56. The minimum Gasteiger partial charge on any atom is -0.329 e. The third-order valence-corrected chi connectivity index (χ3v) is 5.55. The van der Waals surface area contributed by atoms with Gasteiger partial charge in [-0.3, -0.25) is 0 Å². The zero-order valence-corrected chi connectivity index (χ0v) is 14.0. The van der Waals surface area contributed by atoms with Crippen LogP contribution in [0, 0.1) is 23.4 Å². The normalized spacial score (nSPS) is 17.6. The van der Waals surface area contributed by atoms with Crippen molar-refractivity contribution < 1.29 is 21.6 Å². The van der Waals surface area contributed by atoms with Gasteiger partial charge in [0.1, 0.15) is 17.5 Å². The summed E-state index contributed by atoms with van der Waals surface area (Å²) >= 11 is 0. The van der Waals surface area contributed by atoms with Gasteiger partial charge in [0, 0.05) is 24.7 Å². The molecule has 1 unspecified atom stereocenters. The number of benzene rings is 1. The number of nitrogens with two attached hydrogens (primary N) is 1. The molecular formula is C14H20ClF3N2O2S. The van der Waals surface area contributed by atoms with Gasteiger partial charge in [0.05, 0.1) is 0 Å². The third kappa shape index (κ3) is 4.82. The second-order valence-corrected chi connectivity index (χ2v) is 7.21. The van der Waals surface area contributed by atoms with E-state index in [-0.39, 0.29) is 24.9 Å². The SMILES string of the molecule is Cl.NCC(NS(=O)(=O)c1c(F)cc(F)cc1F)C1CCCCC1. The summed E-state index contributed by atoms with van der Waals surface area (Å²) in [5, 5.41) is 0. The summed E-state index contributed by atoms with van der Waals surface area (Å²) in [6.45, 7) is 0.0360. The van der Waals surface area contributed by atoms with E-state index in [9.17, 15) is 21.6 Å². The quantitative estimate of drug-likeness (QED) is 0.834. The van der Waals surface area contributed by atoms with Crippen LogP contribution in [0.3, 0.4) is 0 Å². The van der Waals surface area contributed by atoms with Crippen LogP contribution in [0.2, 0.25) is 0 Å². The predicted molar refractivity (Wildman–Crippen MR) is 83.3 cm³/mol. The lowest BCUT2D eigenvalue weighted by Gasteiger charge is -2.29. The van der Waals surface area contributed by atoms with Crippen LogP contribution in [0.5, 0.6) is 0 Å². The molecule has 1 aromatic rings. The maximum Gasteiger partial charge on any atom is 0.246 e. The summed E-state index contributed by atoms with van der Waals surface area (Å²) < 4.78 is 67.0. The number of nitrogens with one attached hydrogen (secondary N) is 1. The molecular weight excluding hydrogens is 353 g/mol. The number of rotatable bonds is 5. The molecule has 1 saturated carbocycles. The average molecular weight is 373 g/mol. The fourth-order valence-electron chi connectivity index (χ4n) is 2.92. The minimum atomic E-state index is -4.45. The molecule has 0 aliphatic heterocycles. The lowest BCUT2D eigenvalue weighted by atomic mass is 9.84. The van der Waals surface area contributed by atoms with E-state index in [0.717, 1.165) is 32.1 Å². The Bertz CT molecular complexity index is 614. The second kappa shape index (κ2) is 8.32. The summed E-state index contributed by atoms with van der Waals surface area (Å²) in [6, 6.07) is 0.0972. The van der Waals surface area contributed by atoms with Crippen molar-refractivity contribution in [2.75, 3.05) is 6.54 Å². The molecule has 1 aromatic carbocycles. The van der Waals surface area contributed by atoms with Crippen molar-refractivity contribution in [3.05, 3.63) is 29.6 Å². The number of sulfonamides is 1. The van der Waals surface area contributed by atoms with Gasteiger partial charge in [0.25, 0.3) is 0 Å². The molecule has 132 valence electrons. The Kier molecular flexibility index (Phi) is 7.31. The number of halogens is 4. The molecule has 1 atom stereocenters. The Morgan fingerprint density at radius 2 is 1.65 bits per heavy atom. The van der Waals surface area contributed by atoms with E-state index in [1.807, 2.05) is 0 Å². The van der Waals surface area contributed by atoms with Gasteiger partial charge in [-0.05, 0) is 18.8 Å². The van der Waals surface area contributed by atoms with Crippen molar-refractivity contribution in [2.24, 2.45) is 11.7 Å². The van der Waals surface area contributed by atoms with E-state index in [1.54, 1.807) is 0 Å². The lowest BCUT2D eigenvalue weighted by molar-refractivity contribution is 0.293. The monoisotopic (exact) mass is 372 g/mol. The van der Waals surface area contributed by atoms with Crippen LogP contribution in [-0.4, -0.2) is 21.0 Å². The van der Waals surface area contributed by atoms with Gasteiger partial charge < -0.3 is 5.73 Å². The lowest BCUT2D eigenvalue weighted by Crippen LogP contribution is -2.46. The molecule has 1 fully saturated rings. The van der Waals surface area contributed by atoms with Gasteiger partial charge in [-0.25, -0.2) is 26.3 Å². The standard InChI is InChI=1S/C14H19F3N2O2S.ClH/c15-10-6-11(16)14(12(17)7-10)22(20,21)19-13(8-18)9-4-2-1-3-5-9;/h6-7,9,13,19H,1-5,8,18H2;1H. The van der Waals surface area contributed by atoms with Gasteiger partial charge >= 0.3 is 0 Å². The molecule has 0 aromatic heterocycles. The molecule has 9 heteroatoms. The fraction of sp³-hybridized carbons (Fsp3) is 0.571. The van der Waals surface area contributed by atoms with E-state index in [0.29, 0.717) is 12.1 Å². The minimum absolute atomic E-state index is 0. The van der Waals surface area contributed by atoms with Crippen LogP contribution < -0.4 is 10.5 Å². The molecule has 0 amide bonds. The first kappa shape index (κ1) is 20.2. The first-order valence-electron chi connectivity index (χ1n) is 7.22. The average Bonchev–Trinajstić information content (AvgIpc) is 2.44. The molecule has 3 N–H and O–H groups in total. The van der Waals surface area contributed by atoms with Crippen molar-refractivity contribution in [1.82, 2.24) is 4.72 Å². The highest BCUT2D eigenvalue weighted by Crippen LogP contribution is 2.28. The molecule has 0 radical (unpaired) electrons. The van der Waals surface area contributed by atoms with E-state index in [4.69, 9.17) is 5.73 Å². The van der Waals surface area contributed by atoms with Gasteiger partial charge in [0.15, 0.2) is 4.90 Å². The fourth-order valence-corrected chi connectivity index (χ4v) is 4.35. The van der Waals surface area contributed by atoms with E-state index >= 15 is 0 Å². The molecule has 0 spiro atoms. The molecule has 1 aliphatic rings. The zero-order valence-electron chi connectivity index (χ0n) is 12.4. The molecule has 2 rings (SSSR count). The van der Waals surface area contributed by atoms with Gasteiger partial charge in [0.2, 0.25) is 10.0 Å². The van der Waals surface area contributed by atoms with Crippen molar-refractivity contribution >= 4 is 22.4 Å². The van der Waals surface area contributed by atoms with Crippen LogP contribution in [0.1, 0.15) is 32.1 Å². The Morgan fingerprint density at radius 3 is 2.13 bits per heavy atom. The van der Waals surface area contributed by atoms with Crippen molar-refractivity contribution in [1.29, 1.82) is 0 Å². The van der Waals surface area contributed by atoms with Crippen LogP contribution >= 0.6 is 12.4 Å². The van der Waals surface area contributed by atoms with Gasteiger partial charge in [-0.1, -0.05) is 19.3 Å². The van der Waals surface area contributed by atoms with E-state index in [2.05, 4.69) is 4.72 Å². The molecule has 0 heterocycles. The molecule has 23 heavy (non-hydrogen) atoms. The van der Waals surface area contributed by atoms with E-state index < -0.39 is 38.4 Å². The zero-order chi connectivity index (χ0) is 16.3. The largest absolute Gasteiger partial charge is 0.329 e. The summed E-state index contributed by atoms with van der Waals surface area (Å²) in [5.41, 5.74) is 5.61. The Labute approximate surface area is 140 Å². The van der Waals surface area contributed by atoms with Crippen LogP contribution in [0.25, 0.3) is 0 Å². The highest BCUT2D eigenvalue weighted by molar-refractivity contribution is 7.89. The van der Waals surface area contributed by atoms with Gasteiger partial charge in [-0.15, -0.1) is 12.4 Å². The summed E-state index contributed by atoms with van der Waals surface area (Å²) in [7, 11) is -4.45. The Balaban J connectivity index is 0.00000264. The Hall–Kier alpha value is -0.830. The van der Waals surface area contributed by atoms with Gasteiger partial charge in [-0.2, -0.15) is 0 Å². The molecule has 4 nitrogen and oxygen atoms in total. The van der Waals surface area contributed by atoms with E-state index in [1.165, 1.54) is 0 Å². The molecule has 0 saturated heterocycles. The Morgan fingerprint density at radius 1 is 1.13 bits per heavy atom. The van der Waals surface area contributed by atoms with Crippen molar-refractivity contribution in [3.63, 3.8) is 0 Å². The maximum absolute atomic E-state index is 13.7. The van der Waals surface area contributed by atoms with Crippen LogP contribution in [0.4, 0.5) is 13.2 Å². The maximum atomic E-state index is 13.7. The number of hydrogen-bond acceptors (Lipinski definition) is 3. The predicted octanol–water partition coefficient (Wildman–Crippen LogP) is 2.71.